The number of nitrogens with zero attached hydrogens (tertiary/aromatic N) is 2. The van der Waals surface area contributed by atoms with E-state index >= 15 is 0 Å². The SMILES string of the molecule is Cc1cc(C(=O)N(Cc2ccccc2)C[C@@]2(O)CCO[C@@H]2C)on1. The molecule has 3 rings (SSSR count). The first-order valence-electron chi connectivity index (χ1n) is 8.08. The van der Waals surface area contributed by atoms with Crippen molar-refractivity contribution in [2.24, 2.45) is 0 Å². The molecule has 2 heterocycles. The number of aliphatic hydroxyl groups is 1. The molecule has 2 atom stereocenters. The highest BCUT2D eigenvalue weighted by Gasteiger charge is 2.42. The highest BCUT2D eigenvalue weighted by atomic mass is 16.5. The molecule has 0 aliphatic carbocycles. The first kappa shape index (κ1) is 16.7. The van der Waals surface area contributed by atoms with Gasteiger partial charge in [0.25, 0.3) is 5.91 Å². The van der Waals surface area contributed by atoms with Crippen LogP contribution in [0.15, 0.2) is 40.9 Å². The van der Waals surface area contributed by atoms with Gasteiger partial charge in [0.15, 0.2) is 0 Å². The lowest BCUT2D eigenvalue weighted by Gasteiger charge is -2.33. The van der Waals surface area contributed by atoms with Gasteiger partial charge < -0.3 is 19.3 Å². The number of hydrogen-bond donors (Lipinski definition) is 1. The fourth-order valence-corrected chi connectivity index (χ4v) is 2.93. The lowest BCUT2D eigenvalue weighted by atomic mass is 9.95. The summed E-state index contributed by atoms with van der Waals surface area (Å²) in [5, 5.41) is 14.6. The highest BCUT2D eigenvalue weighted by molar-refractivity contribution is 5.91. The molecule has 1 aromatic heterocycles. The van der Waals surface area contributed by atoms with E-state index in [1.807, 2.05) is 37.3 Å². The first-order chi connectivity index (χ1) is 11.5. The lowest BCUT2D eigenvalue weighted by Crippen LogP contribution is -2.49. The summed E-state index contributed by atoms with van der Waals surface area (Å²) >= 11 is 0. The summed E-state index contributed by atoms with van der Waals surface area (Å²) in [7, 11) is 0. The molecule has 0 spiro atoms. The summed E-state index contributed by atoms with van der Waals surface area (Å²) in [6.07, 6.45) is 0.183. The second-order valence-corrected chi connectivity index (χ2v) is 6.35. The van der Waals surface area contributed by atoms with Gasteiger partial charge in [-0.3, -0.25) is 4.79 Å². The van der Waals surface area contributed by atoms with Crippen LogP contribution in [0.4, 0.5) is 0 Å². The molecule has 2 aromatic rings. The van der Waals surface area contributed by atoms with Crippen LogP contribution in [0.25, 0.3) is 0 Å². The predicted molar refractivity (Wildman–Crippen MR) is 87.4 cm³/mol. The number of hydrogen-bond acceptors (Lipinski definition) is 5. The van der Waals surface area contributed by atoms with Crippen molar-refractivity contribution >= 4 is 5.91 Å². The summed E-state index contributed by atoms with van der Waals surface area (Å²) in [4.78, 5) is 14.4. The molecule has 1 N–H and O–H groups in total. The van der Waals surface area contributed by atoms with Crippen molar-refractivity contribution in [1.82, 2.24) is 10.1 Å². The lowest BCUT2D eigenvalue weighted by molar-refractivity contribution is -0.0462. The van der Waals surface area contributed by atoms with Gasteiger partial charge >= 0.3 is 0 Å². The van der Waals surface area contributed by atoms with E-state index in [2.05, 4.69) is 5.16 Å². The molecule has 1 amide bonds. The number of carbonyl (C=O) groups is 1. The monoisotopic (exact) mass is 330 g/mol. The normalized spacial score (nSPS) is 23.4. The summed E-state index contributed by atoms with van der Waals surface area (Å²) in [6.45, 7) is 4.65. The average Bonchev–Trinajstić information content (AvgIpc) is 3.14. The van der Waals surface area contributed by atoms with Gasteiger partial charge in [-0.15, -0.1) is 0 Å². The Hall–Kier alpha value is -2.18. The van der Waals surface area contributed by atoms with Crippen molar-refractivity contribution in [3.63, 3.8) is 0 Å². The van der Waals surface area contributed by atoms with Gasteiger partial charge in [-0.05, 0) is 19.4 Å². The standard InChI is InChI=1S/C18H22N2O4/c1-13-10-16(24-19-13)17(21)20(11-15-6-4-3-5-7-15)12-18(22)8-9-23-14(18)2/h3-7,10,14,22H,8-9,11-12H2,1-2H3/t14-,18+/m1/s1. The Balaban J connectivity index is 1.84. The van der Waals surface area contributed by atoms with Crippen LogP contribution >= 0.6 is 0 Å². The van der Waals surface area contributed by atoms with Crippen LogP contribution in [0.1, 0.15) is 35.2 Å². The number of rotatable bonds is 5. The maximum Gasteiger partial charge on any atom is 0.292 e. The van der Waals surface area contributed by atoms with Crippen LogP contribution in [0.5, 0.6) is 0 Å². The summed E-state index contributed by atoms with van der Waals surface area (Å²) in [5.41, 5.74) is 0.575. The van der Waals surface area contributed by atoms with E-state index in [9.17, 15) is 9.90 Å². The largest absolute Gasteiger partial charge is 0.385 e. The highest BCUT2D eigenvalue weighted by Crippen LogP contribution is 2.28. The molecule has 1 aliphatic rings. The smallest absolute Gasteiger partial charge is 0.292 e. The van der Waals surface area contributed by atoms with Gasteiger partial charge in [-0.2, -0.15) is 0 Å². The van der Waals surface area contributed by atoms with Crippen LogP contribution in [0.2, 0.25) is 0 Å². The van der Waals surface area contributed by atoms with Crippen molar-refractivity contribution < 1.29 is 19.2 Å². The third-order valence-electron chi connectivity index (χ3n) is 4.47. The molecule has 1 fully saturated rings. The Morgan fingerprint density at radius 2 is 2.17 bits per heavy atom. The number of benzene rings is 1. The topological polar surface area (TPSA) is 75.8 Å². The summed E-state index contributed by atoms with van der Waals surface area (Å²) < 4.78 is 10.6. The number of aromatic nitrogens is 1. The van der Waals surface area contributed by atoms with Gasteiger partial charge in [0.05, 0.1) is 18.3 Å². The van der Waals surface area contributed by atoms with E-state index in [1.54, 1.807) is 17.9 Å². The number of amides is 1. The van der Waals surface area contributed by atoms with Gasteiger partial charge in [0.2, 0.25) is 5.76 Å². The van der Waals surface area contributed by atoms with Crippen molar-refractivity contribution in [2.45, 2.75) is 38.5 Å². The Labute approximate surface area is 141 Å². The minimum absolute atomic E-state index is 0.179. The summed E-state index contributed by atoms with van der Waals surface area (Å²) in [5.74, 6) is -0.106. The molecular formula is C18H22N2O4. The Kier molecular flexibility index (Phi) is 4.69. The Morgan fingerprint density at radius 1 is 1.42 bits per heavy atom. The van der Waals surface area contributed by atoms with Crippen molar-refractivity contribution in [1.29, 1.82) is 0 Å². The van der Waals surface area contributed by atoms with Crippen molar-refractivity contribution in [2.75, 3.05) is 13.2 Å². The molecule has 128 valence electrons. The van der Waals surface area contributed by atoms with E-state index < -0.39 is 5.60 Å². The van der Waals surface area contributed by atoms with E-state index in [1.165, 1.54) is 0 Å². The summed E-state index contributed by atoms with van der Waals surface area (Å²) in [6, 6.07) is 11.3. The molecule has 1 aliphatic heterocycles. The van der Waals surface area contributed by atoms with Crippen LogP contribution in [-0.2, 0) is 11.3 Å². The second kappa shape index (κ2) is 6.75. The van der Waals surface area contributed by atoms with E-state index in [0.717, 1.165) is 5.56 Å². The molecule has 0 saturated carbocycles. The fourth-order valence-electron chi connectivity index (χ4n) is 2.93. The third kappa shape index (κ3) is 3.49. The van der Waals surface area contributed by atoms with Crippen LogP contribution < -0.4 is 0 Å². The Morgan fingerprint density at radius 3 is 2.75 bits per heavy atom. The Bertz CT molecular complexity index is 700. The van der Waals surface area contributed by atoms with Crippen LogP contribution in [0, 0.1) is 6.92 Å². The van der Waals surface area contributed by atoms with Gasteiger partial charge in [-0.1, -0.05) is 35.5 Å². The van der Waals surface area contributed by atoms with Crippen LogP contribution in [-0.4, -0.2) is 45.9 Å². The van der Waals surface area contributed by atoms with E-state index in [-0.39, 0.29) is 24.3 Å². The van der Waals surface area contributed by atoms with Gasteiger partial charge in [-0.25, -0.2) is 0 Å². The zero-order valence-electron chi connectivity index (χ0n) is 13.9. The minimum atomic E-state index is -1.06. The zero-order chi connectivity index (χ0) is 17.2. The molecule has 24 heavy (non-hydrogen) atoms. The molecule has 6 nitrogen and oxygen atoms in total. The van der Waals surface area contributed by atoms with Gasteiger partial charge in [0, 0.05) is 25.6 Å². The third-order valence-corrected chi connectivity index (χ3v) is 4.47. The quantitative estimate of drug-likeness (QED) is 0.909. The predicted octanol–water partition coefficient (Wildman–Crippen LogP) is 2.17. The molecule has 0 unspecified atom stereocenters. The number of aryl methyl sites for hydroxylation is 1. The van der Waals surface area contributed by atoms with E-state index in [4.69, 9.17) is 9.26 Å². The van der Waals surface area contributed by atoms with Crippen molar-refractivity contribution in [3.05, 3.63) is 53.4 Å². The average molecular weight is 330 g/mol. The maximum atomic E-state index is 12.8. The minimum Gasteiger partial charge on any atom is -0.385 e. The molecular weight excluding hydrogens is 308 g/mol. The number of ether oxygens (including phenoxy) is 1. The fraction of sp³-hybridized carbons (Fsp3) is 0.444. The molecule has 0 bridgehead atoms. The van der Waals surface area contributed by atoms with Crippen LogP contribution in [0.3, 0.4) is 0 Å². The van der Waals surface area contributed by atoms with Crippen molar-refractivity contribution in [3.8, 4) is 0 Å². The maximum absolute atomic E-state index is 12.8. The molecule has 6 heteroatoms. The van der Waals surface area contributed by atoms with E-state index in [0.29, 0.717) is 25.3 Å². The second-order valence-electron chi connectivity index (χ2n) is 6.35. The zero-order valence-corrected chi connectivity index (χ0v) is 13.9. The molecule has 1 aromatic carbocycles. The first-order valence-corrected chi connectivity index (χ1v) is 8.08. The number of carbonyl (C=O) groups excluding carboxylic acids is 1. The molecule has 0 radical (unpaired) electrons. The van der Waals surface area contributed by atoms with Gasteiger partial charge in [0.1, 0.15) is 5.60 Å². The molecule has 1 saturated heterocycles.